The van der Waals surface area contributed by atoms with Gasteiger partial charge in [-0.3, -0.25) is 4.79 Å². The molecule has 0 fully saturated rings. The Morgan fingerprint density at radius 3 is 2.29 bits per heavy atom. The molecule has 0 aromatic carbocycles. The molecule has 1 aromatic rings. The van der Waals surface area contributed by atoms with Crippen LogP contribution in [0.15, 0.2) is 12.4 Å². The van der Waals surface area contributed by atoms with E-state index in [1.54, 1.807) is 0 Å². The Balaban J connectivity index is 2.58. The first-order chi connectivity index (χ1) is 9.85. The van der Waals surface area contributed by atoms with Crippen molar-refractivity contribution >= 4 is 11.6 Å². The molecule has 2 N–H and O–H groups in total. The van der Waals surface area contributed by atoms with Gasteiger partial charge >= 0.3 is 0 Å². The summed E-state index contributed by atoms with van der Waals surface area (Å²) in [6.07, 6.45) is 3.85. The van der Waals surface area contributed by atoms with Gasteiger partial charge < -0.3 is 10.4 Å². The van der Waals surface area contributed by atoms with Crippen LogP contribution in [0.2, 0.25) is 0 Å². The number of nitrogens with one attached hydrogen (secondary N) is 1. The minimum Gasteiger partial charge on any atom is -0.385 e. The minimum atomic E-state index is -0.652. The lowest BCUT2D eigenvalue weighted by atomic mass is 9.88. The lowest BCUT2D eigenvalue weighted by Crippen LogP contribution is -2.23. The smallest absolute Gasteiger partial charge is 0.227 e. The van der Waals surface area contributed by atoms with Gasteiger partial charge in [0.1, 0.15) is 6.10 Å². The van der Waals surface area contributed by atoms with E-state index in [0.29, 0.717) is 29.8 Å². The molecule has 0 aliphatic heterocycles. The number of hydrogen-bond acceptors (Lipinski definition) is 4. The molecule has 5 heteroatoms. The van der Waals surface area contributed by atoms with Gasteiger partial charge in [-0.2, -0.15) is 0 Å². The number of aromatic nitrogens is 2. The highest BCUT2D eigenvalue weighted by Gasteiger charge is 2.18. The monoisotopic (exact) mass is 293 g/mol. The van der Waals surface area contributed by atoms with Gasteiger partial charge in [0.15, 0.2) is 5.82 Å². The average Bonchev–Trinajstić information content (AvgIpc) is 2.46. The highest BCUT2D eigenvalue weighted by atomic mass is 16.3. The number of aliphatic hydroxyl groups is 1. The molecule has 0 bridgehead atoms. The number of aliphatic hydroxyl groups excluding tert-OH is 1. The van der Waals surface area contributed by atoms with Crippen molar-refractivity contribution in [3.8, 4) is 0 Å². The zero-order valence-electron chi connectivity index (χ0n) is 13.6. The van der Waals surface area contributed by atoms with Gasteiger partial charge in [0.05, 0.1) is 18.1 Å². The van der Waals surface area contributed by atoms with Gasteiger partial charge in [0, 0.05) is 5.92 Å². The molecular formula is C16H27N3O2. The van der Waals surface area contributed by atoms with Crippen LogP contribution in [0.1, 0.15) is 59.4 Å². The van der Waals surface area contributed by atoms with E-state index in [4.69, 9.17) is 0 Å². The molecule has 118 valence electrons. The van der Waals surface area contributed by atoms with Crippen LogP contribution in [0.4, 0.5) is 5.69 Å². The highest BCUT2D eigenvalue weighted by Crippen LogP contribution is 2.21. The van der Waals surface area contributed by atoms with Crippen LogP contribution in [0.25, 0.3) is 0 Å². The predicted octanol–water partition coefficient (Wildman–Crippen LogP) is 3.18. The summed E-state index contributed by atoms with van der Waals surface area (Å²) in [6, 6.07) is 0. The van der Waals surface area contributed by atoms with Crippen LogP contribution in [0.5, 0.6) is 0 Å². The third kappa shape index (κ3) is 5.42. The molecular weight excluding hydrogens is 266 g/mol. The average molecular weight is 293 g/mol. The molecule has 1 rings (SSSR count). The molecule has 0 saturated heterocycles. The quantitative estimate of drug-likeness (QED) is 0.809. The van der Waals surface area contributed by atoms with Crippen molar-refractivity contribution in [3.05, 3.63) is 18.2 Å². The van der Waals surface area contributed by atoms with Crippen molar-refractivity contribution in [2.24, 2.45) is 17.8 Å². The van der Waals surface area contributed by atoms with Gasteiger partial charge in [0.25, 0.3) is 0 Å². The summed E-state index contributed by atoms with van der Waals surface area (Å²) in [5, 5.41) is 12.5. The summed E-state index contributed by atoms with van der Waals surface area (Å²) in [4.78, 5) is 20.3. The van der Waals surface area contributed by atoms with Gasteiger partial charge in [-0.1, -0.05) is 34.6 Å². The first-order valence-corrected chi connectivity index (χ1v) is 7.66. The van der Waals surface area contributed by atoms with E-state index >= 15 is 0 Å². The SMILES string of the molecule is CCC(O)c1ncc(NC(=O)[C@@H](C)C[C@H](C)C(C)C)cn1. The number of hydrogen-bond donors (Lipinski definition) is 2. The molecule has 0 radical (unpaired) electrons. The zero-order chi connectivity index (χ0) is 16.0. The maximum atomic E-state index is 12.1. The predicted molar refractivity (Wildman–Crippen MR) is 83.7 cm³/mol. The molecule has 1 amide bonds. The first-order valence-electron chi connectivity index (χ1n) is 7.66. The Kier molecular flexibility index (Phi) is 6.75. The molecule has 1 aromatic heterocycles. The number of amides is 1. The maximum absolute atomic E-state index is 12.1. The normalized spacial score (nSPS) is 15.6. The van der Waals surface area contributed by atoms with E-state index in [1.165, 1.54) is 12.4 Å². The summed E-state index contributed by atoms with van der Waals surface area (Å²) in [7, 11) is 0. The van der Waals surface area contributed by atoms with Crippen molar-refractivity contribution in [1.29, 1.82) is 0 Å². The molecule has 1 unspecified atom stereocenters. The topological polar surface area (TPSA) is 75.1 Å². The molecule has 5 nitrogen and oxygen atoms in total. The summed E-state index contributed by atoms with van der Waals surface area (Å²) >= 11 is 0. The molecule has 3 atom stereocenters. The van der Waals surface area contributed by atoms with E-state index in [1.807, 2.05) is 13.8 Å². The Morgan fingerprint density at radius 2 is 1.81 bits per heavy atom. The number of rotatable bonds is 7. The summed E-state index contributed by atoms with van der Waals surface area (Å²) in [5.74, 6) is 1.39. The Hall–Kier alpha value is -1.49. The van der Waals surface area contributed by atoms with Gasteiger partial charge in [0.2, 0.25) is 5.91 Å². The number of nitrogens with zero attached hydrogens (tertiary/aromatic N) is 2. The fourth-order valence-electron chi connectivity index (χ4n) is 1.96. The largest absolute Gasteiger partial charge is 0.385 e. The van der Waals surface area contributed by atoms with Crippen LogP contribution in [0, 0.1) is 17.8 Å². The van der Waals surface area contributed by atoms with Crippen molar-refractivity contribution in [2.75, 3.05) is 5.32 Å². The second-order valence-corrected chi connectivity index (χ2v) is 6.10. The number of carbonyl (C=O) groups is 1. The Labute approximate surface area is 127 Å². The maximum Gasteiger partial charge on any atom is 0.227 e. The fourth-order valence-corrected chi connectivity index (χ4v) is 1.96. The van der Waals surface area contributed by atoms with E-state index in [2.05, 4.69) is 36.1 Å². The van der Waals surface area contributed by atoms with Crippen molar-refractivity contribution in [2.45, 2.75) is 53.6 Å². The first kappa shape index (κ1) is 17.6. The zero-order valence-corrected chi connectivity index (χ0v) is 13.6. The highest BCUT2D eigenvalue weighted by molar-refractivity contribution is 5.91. The molecule has 0 aliphatic rings. The second kappa shape index (κ2) is 8.08. The van der Waals surface area contributed by atoms with Crippen molar-refractivity contribution in [1.82, 2.24) is 9.97 Å². The fraction of sp³-hybridized carbons (Fsp3) is 0.688. The molecule has 0 saturated carbocycles. The standard InChI is InChI=1S/C16H27N3O2/c1-6-14(20)15-17-8-13(9-18-15)19-16(21)12(5)7-11(4)10(2)3/h8-12,14,20H,6-7H2,1-5H3,(H,19,21)/t11-,12-,14?/m0/s1. The Morgan fingerprint density at radius 1 is 1.24 bits per heavy atom. The second-order valence-electron chi connectivity index (χ2n) is 6.10. The van der Waals surface area contributed by atoms with Crippen LogP contribution < -0.4 is 5.32 Å². The van der Waals surface area contributed by atoms with Crippen LogP contribution >= 0.6 is 0 Å². The minimum absolute atomic E-state index is 0.0186. The van der Waals surface area contributed by atoms with Gasteiger partial charge in [-0.15, -0.1) is 0 Å². The van der Waals surface area contributed by atoms with Crippen molar-refractivity contribution < 1.29 is 9.90 Å². The van der Waals surface area contributed by atoms with E-state index in [-0.39, 0.29) is 11.8 Å². The van der Waals surface area contributed by atoms with Crippen LogP contribution in [-0.2, 0) is 4.79 Å². The summed E-state index contributed by atoms with van der Waals surface area (Å²) in [5.41, 5.74) is 0.566. The third-order valence-electron chi connectivity index (χ3n) is 3.94. The molecule has 0 aliphatic carbocycles. The van der Waals surface area contributed by atoms with Crippen molar-refractivity contribution in [3.63, 3.8) is 0 Å². The van der Waals surface area contributed by atoms with Gasteiger partial charge in [-0.25, -0.2) is 9.97 Å². The van der Waals surface area contributed by atoms with E-state index < -0.39 is 6.10 Å². The van der Waals surface area contributed by atoms with E-state index in [9.17, 15) is 9.90 Å². The molecule has 21 heavy (non-hydrogen) atoms. The van der Waals surface area contributed by atoms with E-state index in [0.717, 1.165) is 6.42 Å². The lowest BCUT2D eigenvalue weighted by molar-refractivity contribution is -0.119. The number of anilines is 1. The summed E-state index contributed by atoms with van der Waals surface area (Å²) < 4.78 is 0. The summed E-state index contributed by atoms with van der Waals surface area (Å²) in [6.45, 7) is 10.3. The van der Waals surface area contributed by atoms with Gasteiger partial charge in [-0.05, 0) is 24.7 Å². The molecule has 1 heterocycles. The third-order valence-corrected chi connectivity index (χ3v) is 3.94. The Bertz CT molecular complexity index is 445. The lowest BCUT2D eigenvalue weighted by Gasteiger charge is -2.19. The van der Waals surface area contributed by atoms with Crippen LogP contribution in [0.3, 0.4) is 0 Å². The van der Waals surface area contributed by atoms with Crippen LogP contribution in [-0.4, -0.2) is 21.0 Å². The number of carbonyl (C=O) groups excluding carboxylic acids is 1. The molecule has 0 spiro atoms.